The van der Waals surface area contributed by atoms with Gasteiger partial charge in [0.25, 0.3) is 0 Å². The summed E-state index contributed by atoms with van der Waals surface area (Å²) >= 11 is 0. The maximum absolute atomic E-state index is 5.65. The molecule has 148 valence electrons. The highest BCUT2D eigenvalue weighted by Gasteiger charge is 2.03. The summed E-state index contributed by atoms with van der Waals surface area (Å²) in [5.41, 5.74) is 1.12. The molecule has 0 fully saturated rings. The van der Waals surface area contributed by atoms with Crippen LogP contribution in [0.15, 0.2) is 53.7 Å². The highest BCUT2D eigenvalue weighted by molar-refractivity contribution is 14.0. The monoisotopic (exact) mass is 483 g/mol. The van der Waals surface area contributed by atoms with E-state index in [0.29, 0.717) is 13.2 Å². The molecule has 0 unspecified atom stereocenters. The number of hydrogen-bond acceptors (Lipinski definition) is 4. The number of unbranched alkanes of at least 4 members (excludes halogenated alkanes) is 1. The highest BCUT2D eigenvalue weighted by atomic mass is 127. The molecule has 0 atom stereocenters. The van der Waals surface area contributed by atoms with Gasteiger partial charge in [-0.05, 0) is 38.0 Å². The van der Waals surface area contributed by atoms with Gasteiger partial charge in [0.15, 0.2) is 5.96 Å². The number of hydrogen-bond donors (Lipinski definition) is 3. The molecule has 1 aromatic heterocycles. The number of nitrogens with one attached hydrogen (secondary N) is 3. The zero-order valence-corrected chi connectivity index (χ0v) is 18.4. The molecule has 2 rings (SSSR count). The van der Waals surface area contributed by atoms with E-state index >= 15 is 0 Å². The number of pyridine rings is 1. The quantitative estimate of drug-likeness (QED) is 0.208. The van der Waals surface area contributed by atoms with Crippen molar-refractivity contribution in [2.24, 2.45) is 4.99 Å². The topological polar surface area (TPSA) is 70.6 Å². The van der Waals surface area contributed by atoms with Crippen molar-refractivity contribution in [3.8, 4) is 5.75 Å². The van der Waals surface area contributed by atoms with Gasteiger partial charge in [-0.2, -0.15) is 0 Å². The highest BCUT2D eigenvalue weighted by Crippen LogP contribution is 2.17. The average molecular weight is 483 g/mol. The molecule has 3 N–H and O–H groups in total. The van der Waals surface area contributed by atoms with Gasteiger partial charge in [0, 0.05) is 38.4 Å². The van der Waals surface area contributed by atoms with E-state index in [1.807, 2.05) is 43.3 Å². The standard InChI is InChI=1S/C20H29N5O.HI/c1-3-26-18-11-5-4-10-17(18)16-25-20(21-2)24-15-9-8-14-23-19-12-6-7-13-22-19;/h4-7,10-13H,3,8-9,14-16H2,1-2H3,(H,22,23)(H2,21,24,25);1H. The molecule has 6 nitrogen and oxygen atoms in total. The van der Waals surface area contributed by atoms with E-state index in [2.05, 4.69) is 32.0 Å². The van der Waals surface area contributed by atoms with Gasteiger partial charge >= 0.3 is 0 Å². The van der Waals surface area contributed by atoms with Crippen molar-refractivity contribution in [3.05, 3.63) is 54.2 Å². The fourth-order valence-electron chi connectivity index (χ4n) is 2.49. The van der Waals surface area contributed by atoms with Gasteiger partial charge in [-0.1, -0.05) is 24.3 Å². The lowest BCUT2D eigenvalue weighted by molar-refractivity contribution is 0.336. The fourth-order valence-corrected chi connectivity index (χ4v) is 2.49. The van der Waals surface area contributed by atoms with Crippen LogP contribution in [0.2, 0.25) is 0 Å². The Morgan fingerprint density at radius 2 is 1.81 bits per heavy atom. The number of benzene rings is 1. The first-order valence-corrected chi connectivity index (χ1v) is 9.13. The lowest BCUT2D eigenvalue weighted by Crippen LogP contribution is -2.37. The first-order valence-electron chi connectivity index (χ1n) is 9.13. The second-order valence-electron chi connectivity index (χ2n) is 5.74. The molecule has 0 aliphatic heterocycles. The molecule has 0 amide bonds. The van der Waals surface area contributed by atoms with Gasteiger partial charge in [0.05, 0.1) is 6.61 Å². The van der Waals surface area contributed by atoms with E-state index in [1.54, 1.807) is 13.2 Å². The Hall–Kier alpha value is -2.03. The van der Waals surface area contributed by atoms with Crippen molar-refractivity contribution >= 4 is 35.8 Å². The summed E-state index contributed by atoms with van der Waals surface area (Å²) in [5.74, 6) is 2.64. The van der Waals surface area contributed by atoms with Crippen LogP contribution in [-0.2, 0) is 6.54 Å². The van der Waals surface area contributed by atoms with E-state index in [1.165, 1.54) is 0 Å². The normalized spacial score (nSPS) is 10.7. The zero-order valence-electron chi connectivity index (χ0n) is 16.1. The van der Waals surface area contributed by atoms with Crippen LogP contribution in [0.25, 0.3) is 0 Å². The number of guanidine groups is 1. The van der Waals surface area contributed by atoms with Gasteiger partial charge in [-0.25, -0.2) is 4.98 Å². The number of aromatic nitrogens is 1. The van der Waals surface area contributed by atoms with Crippen LogP contribution in [0, 0.1) is 0 Å². The minimum atomic E-state index is 0. The summed E-state index contributed by atoms with van der Waals surface area (Å²) in [6, 6.07) is 13.9. The Morgan fingerprint density at radius 3 is 2.56 bits per heavy atom. The van der Waals surface area contributed by atoms with Gasteiger partial charge in [0.1, 0.15) is 11.6 Å². The summed E-state index contributed by atoms with van der Waals surface area (Å²) in [7, 11) is 1.78. The largest absolute Gasteiger partial charge is 0.494 e. The first-order chi connectivity index (χ1) is 12.8. The van der Waals surface area contributed by atoms with Gasteiger partial charge in [-0.3, -0.25) is 4.99 Å². The van der Waals surface area contributed by atoms with E-state index < -0.39 is 0 Å². The smallest absolute Gasteiger partial charge is 0.191 e. The Bertz CT molecular complexity index is 666. The molecule has 7 heteroatoms. The molecule has 0 aliphatic rings. The second-order valence-corrected chi connectivity index (χ2v) is 5.74. The molecule has 0 radical (unpaired) electrons. The molecule has 0 aliphatic carbocycles. The third-order valence-corrected chi connectivity index (χ3v) is 3.81. The Balaban J connectivity index is 0.00000364. The van der Waals surface area contributed by atoms with Crippen LogP contribution >= 0.6 is 24.0 Å². The van der Waals surface area contributed by atoms with E-state index in [4.69, 9.17) is 4.74 Å². The maximum atomic E-state index is 5.65. The fraction of sp³-hybridized carbons (Fsp3) is 0.400. The minimum Gasteiger partial charge on any atom is -0.494 e. The van der Waals surface area contributed by atoms with Crippen molar-refractivity contribution in [2.45, 2.75) is 26.3 Å². The maximum Gasteiger partial charge on any atom is 0.191 e. The lowest BCUT2D eigenvalue weighted by atomic mass is 10.2. The molecule has 2 aromatic rings. The van der Waals surface area contributed by atoms with Crippen LogP contribution in [0.1, 0.15) is 25.3 Å². The summed E-state index contributed by atoms with van der Waals surface area (Å²) in [5, 5.41) is 9.99. The van der Waals surface area contributed by atoms with Gasteiger partial charge < -0.3 is 20.7 Å². The number of aliphatic imine (C=N–C) groups is 1. The third kappa shape index (κ3) is 8.94. The van der Waals surface area contributed by atoms with Gasteiger partial charge in [-0.15, -0.1) is 24.0 Å². The SMILES string of the molecule is CCOc1ccccc1CNC(=NC)NCCCCNc1ccccn1.I. The Morgan fingerprint density at radius 1 is 1.04 bits per heavy atom. The number of rotatable bonds is 10. The van der Waals surface area contributed by atoms with Crippen molar-refractivity contribution in [1.29, 1.82) is 0 Å². The van der Waals surface area contributed by atoms with E-state index in [-0.39, 0.29) is 24.0 Å². The summed E-state index contributed by atoms with van der Waals surface area (Å²) < 4.78 is 5.65. The number of ether oxygens (including phenoxy) is 1. The van der Waals surface area contributed by atoms with Crippen molar-refractivity contribution in [2.75, 3.05) is 32.1 Å². The lowest BCUT2D eigenvalue weighted by Gasteiger charge is -2.14. The van der Waals surface area contributed by atoms with Crippen LogP contribution in [0.3, 0.4) is 0 Å². The molecular formula is C20H30IN5O. The van der Waals surface area contributed by atoms with E-state index in [9.17, 15) is 0 Å². The van der Waals surface area contributed by atoms with Crippen molar-refractivity contribution in [1.82, 2.24) is 15.6 Å². The number of halogens is 1. The second kappa shape index (κ2) is 14.1. The summed E-state index contributed by atoms with van der Waals surface area (Å²) in [4.78, 5) is 8.52. The molecule has 0 bridgehead atoms. The molecule has 0 saturated heterocycles. The molecule has 0 saturated carbocycles. The molecule has 0 spiro atoms. The van der Waals surface area contributed by atoms with E-state index in [0.717, 1.165) is 49.0 Å². The number of para-hydroxylation sites is 1. The molecule has 1 heterocycles. The molecular weight excluding hydrogens is 453 g/mol. The minimum absolute atomic E-state index is 0. The predicted molar refractivity (Wildman–Crippen MR) is 123 cm³/mol. The Kier molecular flexibility index (Phi) is 12.0. The zero-order chi connectivity index (χ0) is 18.5. The summed E-state index contributed by atoms with van der Waals surface area (Å²) in [6.45, 7) is 5.12. The van der Waals surface area contributed by atoms with Crippen LogP contribution < -0.4 is 20.7 Å². The van der Waals surface area contributed by atoms with Crippen molar-refractivity contribution in [3.63, 3.8) is 0 Å². The number of anilines is 1. The molecule has 27 heavy (non-hydrogen) atoms. The number of nitrogens with zero attached hydrogens (tertiary/aromatic N) is 2. The van der Waals surface area contributed by atoms with Crippen LogP contribution in [0.4, 0.5) is 5.82 Å². The summed E-state index contributed by atoms with van der Waals surface area (Å²) in [6.07, 6.45) is 3.91. The first kappa shape index (κ1) is 23.0. The third-order valence-electron chi connectivity index (χ3n) is 3.81. The van der Waals surface area contributed by atoms with Crippen LogP contribution in [0.5, 0.6) is 5.75 Å². The van der Waals surface area contributed by atoms with Crippen LogP contribution in [-0.4, -0.2) is 37.7 Å². The average Bonchev–Trinajstić information content (AvgIpc) is 2.69. The predicted octanol–water partition coefficient (Wildman–Crippen LogP) is 3.66. The van der Waals surface area contributed by atoms with Crippen molar-refractivity contribution < 1.29 is 4.74 Å². The Labute approximate surface area is 179 Å². The van der Waals surface area contributed by atoms with Gasteiger partial charge in [0.2, 0.25) is 0 Å². The molecule has 1 aromatic carbocycles.